The monoisotopic (exact) mass is 156 g/mol. The van der Waals surface area contributed by atoms with Crippen LogP contribution in [0.25, 0.3) is 0 Å². The van der Waals surface area contributed by atoms with Gasteiger partial charge >= 0.3 is 16.5 Å². The summed E-state index contributed by atoms with van der Waals surface area (Å²) >= 11 is -3.11. The summed E-state index contributed by atoms with van der Waals surface area (Å²) in [5.74, 6) is 0. The fourth-order valence-electron chi connectivity index (χ4n) is 0. The van der Waals surface area contributed by atoms with Gasteiger partial charge in [0.15, 0.2) is 0 Å². The van der Waals surface area contributed by atoms with Crippen molar-refractivity contribution in [3.63, 3.8) is 0 Å². The molecule has 0 aromatic carbocycles. The van der Waals surface area contributed by atoms with Gasteiger partial charge in [-0.1, -0.05) is 0 Å². The van der Waals surface area contributed by atoms with Crippen LogP contribution in [-0.2, 0) is 27.9 Å². The van der Waals surface area contributed by atoms with Crippen molar-refractivity contribution in [1.82, 2.24) is 6.15 Å². The maximum Gasteiger partial charge on any atom is 1.00 e. The summed E-state index contributed by atoms with van der Waals surface area (Å²) in [5, 5.41) is 0. The first-order valence-electron chi connectivity index (χ1n) is 0.500. The van der Waals surface area contributed by atoms with E-state index in [1.807, 2.05) is 0 Å². The Bertz CT molecular complexity index is 33.8. The fraction of sp³-hybridized carbons (Fsp3) is 0. The molecule has 6 heteroatoms. The second-order valence-corrected chi connectivity index (χ2v) is 0.612. The van der Waals surface area contributed by atoms with E-state index in [0.29, 0.717) is 0 Å². The molecule has 0 aromatic rings. The van der Waals surface area contributed by atoms with Crippen LogP contribution in [0.5, 0.6) is 0 Å². The molecule has 0 aliphatic rings. The molecule has 1 radical (unpaired) electrons. The zero-order valence-electron chi connectivity index (χ0n) is 2.95. The summed E-state index contributed by atoms with van der Waals surface area (Å²) in [6, 6.07) is 0. The van der Waals surface area contributed by atoms with Gasteiger partial charge in [0.05, 0.1) is 0 Å². The molecule has 4 N–H and O–H groups in total. The van der Waals surface area contributed by atoms with Gasteiger partial charge in [-0.3, -0.25) is 4.21 Å². The molecular formula is H4NNiO3S. The van der Waals surface area contributed by atoms with E-state index in [9.17, 15) is 0 Å². The van der Waals surface area contributed by atoms with Crippen molar-refractivity contribution in [2.75, 3.05) is 0 Å². The minimum absolute atomic E-state index is 0. The maximum atomic E-state index is 8.44. The second-order valence-electron chi connectivity index (χ2n) is 0.204. The summed E-state index contributed by atoms with van der Waals surface area (Å²) < 4.78 is 25.3. The number of hydrogen-bond acceptors (Lipinski definition) is 3. The zero-order valence-corrected chi connectivity index (χ0v) is 4.75. The number of hydrogen-bond donors (Lipinski definition) is 1. The van der Waals surface area contributed by atoms with Crippen molar-refractivity contribution in [2.24, 2.45) is 0 Å². The quantitative estimate of drug-likeness (QED) is 0.374. The van der Waals surface area contributed by atoms with Gasteiger partial charge in [0, 0.05) is 0 Å². The summed E-state index contributed by atoms with van der Waals surface area (Å²) in [4.78, 5) is 0. The topological polar surface area (TPSA) is 99.7 Å². The molecule has 0 spiro atoms. The Morgan fingerprint density at radius 3 is 1.33 bits per heavy atom. The van der Waals surface area contributed by atoms with Gasteiger partial charge in [-0.2, -0.15) is 0 Å². The van der Waals surface area contributed by atoms with Crippen LogP contribution >= 0.6 is 0 Å². The van der Waals surface area contributed by atoms with Gasteiger partial charge in [0.25, 0.3) is 0 Å². The predicted molar refractivity (Wildman–Crippen MR) is 15.7 cm³/mol. The molecule has 6 heavy (non-hydrogen) atoms. The molecular weight excluding hydrogens is 153 g/mol. The molecule has 0 saturated heterocycles. The third-order valence-corrected chi connectivity index (χ3v) is 0. The molecule has 0 fully saturated rings. The Labute approximate surface area is 47.9 Å². The summed E-state index contributed by atoms with van der Waals surface area (Å²) in [5.41, 5.74) is 0. The summed E-state index contributed by atoms with van der Waals surface area (Å²) in [7, 11) is 0. The maximum absolute atomic E-state index is 8.44. The van der Waals surface area contributed by atoms with Gasteiger partial charge in [-0.25, -0.2) is 0 Å². The normalized spacial score (nSPS) is 5.83. The van der Waals surface area contributed by atoms with E-state index >= 15 is 0 Å². The first kappa shape index (κ1) is 16.0. The Kier molecular flexibility index (Phi) is 24.3. The van der Waals surface area contributed by atoms with Crippen LogP contribution in [0, 0.1) is 0 Å². The molecule has 0 saturated carbocycles. The van der Waals surface area contributed by atoms with E-state index < -0.39 is 11.4 Å². The van der Waals surface area contributed by atoms with Crippen molar-refractivity contribution in [1.29, 1.82) is 0 Å². The van der Waals surface area contributed by atoms with E-state index in [1.165, 1.54) is 0 Å². The van der Waals surface area contributed by atoms with Crippen LogP contribution in [0.15, 0.2) is 0 Å². The zero-order chi connectivity index (χ0) is 3.58. The Balaban J connectivity index is -0.0000000450. The molecule has 0 aliphatic carbocycles. The largest absolute Gasteiger partial charge is 1.00 e. The van der Waals surface area contributed by atoms with Crippen molar-refractivity contribution in [2.45, 2.75) is 0 Å². The predicted octanol–water partition coefficient (Wildman–Crippen LogP) is -0.630. The van der Waals surface area contributed by atoms with Crippen LogP contribution in [-0.4, -0.2) is 13.3 Å². The van der Waals surface area contributed by atoms with Gasteiger partial charge in [0.1, 0.15) is 0 Å². The Hall–Kier alpha value is 0.524. The van der Waals surface area contributed by atoms with Crippen molar-refractivity contribution in [3.05, 3.63) is 0 Å². The molecule has 43 valence electrons. The second kappa shape index (κ2) is 9.10. The van der Waals surface area contributed by atoms with E-state index in [4.69, 9.17) is 13.3 Å². The van der Waals surface area contributed by atoms with E-state index in [-0.39, 0.29) is 22.6 Å². The molecule has 0 rings (SSSR count). The van der Waals surface area contributed by atoms with E-state index in [1.54, 1.807) is 0 Å². The Morgan fingerprint density at radius 1 is 1.33 bits per heavy atom. The SMILES string of the molecule is O=S([O-])[O-].[NH4+].[Ni+]. The van der Waals surface area contributed by atoms with Crippen molar-refractivity contribution < 1.29 is 29.8 Å². The van der Waals surface area contributed by atoms with Crippen LogP contribution < -0.4 is 6.15 Å². The minimum Gasteiger partial charge on any atom is -0.784 e. The van der Waals surface area contributed by atoms with E-state index in [0.717, 1.165) is 0 Å². The van der Waals surface area contributed by atoms with E-state index in [2.05, 4.69) is 0 Å². The molecule has 0 bridgehead atoms. The summed E-state index contributed by atoms with van der Waals surface area (Å²) in [6.07, 6.45) is 0. The molecule has 0 aromatic heterocycles. The standard InChI is InChI=1S/H3N.Ni.H2O3S/c;;1-4(2)3/h1H3;;(H2,1,2,3)/q;+1;/p-1. The first-order chi connectivity index (χ1) is 1.73. The van der Waals surface area contributed by atoms with Gasteiger partial charge < -0.3 is 15.3 Å². The smallest absolute Gasteiger partial charge is 0.784 e. The van der Waals surface area contributed by atoms with Gasteiger partial charge in [-0.15, -0.1) is 11.4 Å². The summed E-state index contributed by atoms with van der Waals surface area (Å²) in [6.45, 7) is 0. The number of rotatable bonds is 0. The van der Waals surface area contributed by atoms with Crippen LogP contribution in [0.3, 0.4) is 0 Å². The molecule has 0 unspecified atom stereocenters. The molecule has 0 heterocycles. The average molecular weight is 157 g/mol. The third kappa shape index (κ3) is 205. The molecule has 0 amide bonds. The van der Waals surface area contributed by atoms with Gasteiger partial charge in [0.2, 0.25) is 0 Å². The molecule has 4 nitrogen and oxygen atoms in total. The van der Waals surface area contributed by atoms with Gasteiger partial charge in [-0.05, 0) is 0 Å². The van der Waals surface area contributed by atoms with Crippen LogP contribution in [0.2, 0.25) is 0 Å². The molecule has 0 aliphatic heterocycles. The minimum atomic E-state index is -3.11. The molecule has 0 atom stereocenters. The van der Waals surface area contributed by atoms with Crippen molar-refractivity contribution in [3.8, 4) is 0 Å². The van der Waals surface area contributed by atoms with Crippen LogP contribution in [0.1, 0.15) is 0 Å². The fourth-order valence-corrected chi connectivity index (χ4v) is 0. The third-order valence-electron chi connectivity index (χ3n) is 0. The Morgan fingerprint density at radius 2 is 1.33 bits per heavy atom. The van der Waals surface area contributed by atoms with Crippen molar-refractivity contribution >= 4 is 11.4 Å². The average Bonchev–Trinajstić information content (AvgIpc) is 0.811. The first-order valence-corrected chi connectivity index (χ1v) is 1.50. The van der Waals surface area contributed by atoms with Crippen LogP contribution in [0.4, 0.5) is 0 Å². The number of quaternary nitrogens is 1.